The van der Waals surface area contributed by atoms with Crippen molar-refractivity contribution in [2.24, 2.45) is 4.99 Å². The molecule has 0 bridgehead atoms. The van der Waals surface area contributed by atoms with Crippen molar-refractivity contribution in [2.75, 3.05) is 25.5 Å². The van der Waals surface area contributed by atoms with Gasteiger partial charge in [-0.05, 0) is 42.3 Å². The van der Waals surface area contributed by atoms with E-state index in [4.69, 9.17) is 0 Å². The summed E-state index contributed by atoms with van der Waals surface area (Å²) in [6, 6.07) is 10.4. The molecule has 2 N–H and O–H groups in total. The molecule has 136 valence electrons. The number of anilines is 1. The molecule has 1 heterocycles. The van der Waals surface area contributed by atoms with Crippen LogP contribution in [0.4, 0.5) is 10.2 Å². The molecule has 2 aromatic rings. The standard InChI is InChI=1S/C18H24FN5.HI/c1-4-20-18(22-12-14-5-7-16(19)8-6-14)23-13-15-9-10-21-17(11-15)24(2)3;/h5-11H,4,12-13H2,1-3H3,(H2,20,22,23);1H. The van der Waals surface area contributed by atoms with Crippen LogP contribution in [0.5, 0.6) is 0 Å². The minimum absolute atomic E-state index is 0. The van der Waals surface area contributed by atoms with Crippen LogP contribution in [0.15, 0.2) is 47.6 Å². The van der Waals surface area contributed by atoms with Crippen molar-refractivity contribution in [1.82, 2.24) is 15.6 Å². The smallest absolute Gasteiger partial charge is 0.191 e. The molecule has 0 saturated carbocycles. The van der Waals surface area contributed by atoms with Gasteiger partial charge in [0.1, 0.15) is 11.6 Å². The summed E-state index contributed by atoms with van der Waals surface area (Å²) < 4.78 is 12.9. The molecule has 0 aliphatic carbocycles. The van der Waals surface area contributed by atoms with E-state index < -0.39 is 0 Å². The number of aromatic nitrogens is 1. The zero-order valence-corrected chi connectivity index (χ0v) is 17.1. The summed E-state index contributed by atoms with van der Waals surface area (Å²) in [6.45, 7) is 3.94. The number of hydrogen-bond donors (Lipinski definition) is 2. The fourth-order valence-electron chi connectivity index (χ4n) is 2.10. The number of nitrogens with one attached hydrogen (secondary N) is 2. The number of hydrogen-bond acceptors (Lipinski definition) is 3. The lowest BCUT2D eigenvalue weighted by Gasteiger charge is -2.13. The van der Waals surface area contributed by atoms with Crippen molar-refractivity contribution in [3.8, 4) is 0 Å². The van der Waals surface area contributed by atoms with Gasteiger partial charge >= 0.3 is 0 Å². The topological polar surface area (TPSA) is 52.6 Å². The van der Waals surface area contributed by atoms with Crippen LogP contribution < -0.4 is 15.5 Å². The Bertz CT molecular complexity index is 673. The minimum atomic E-state index is -0.228. The quantitative estimate of drug-likeness (QED) is 0.398. The number of guanidine groups is 1. The Morgan fingerprint density at radius 1 is 1.12 bits per heavy atom. The first-order chi connectivity index (χ1) is 11.6. The normalized spacial score (nSPS) is 10.8. The molecule has 0 aliphatic heterocycles. The molecule has 7 heteroatoms. The summed E-state index contributed by atoms with van der Waals surface area (Å²) in [5.74, 6) is 1.41. The van der Waals surface area contributed by atoms with Crippen molar-refractivity contribution in [3.63, 3.8) is 0 Å². The van der Waals surface area contributed by atoms with Crippen molar-refractivity contribution < 1.29 is 4.39 Å². The van der Waals surface area contributed by atoms with Crippen LogP contribution in [0.2, 0.25) is 0 Å². The third-order valence-electron chi connectivity index (χ3n) is 3.41. The van der Waals surface area contributed by atoms with Crippen molar-refractivity contribution in [2.45, 2.75) is 20.0 Å². The van der Waals surface area contributed by atoms with Crippen LogP contribution in [-0.4, -0.2) is 31.6 Å². The molecule has 0 amide bonds. The molecule has 0 fully saturated rings. The average Bonchev–Trinajstić information content (AvgIpc) is 2.59. The molecule has 2 rings (SSSR count). The molecule has 5 nitrogen and oxygen atoms in total. The summed E-state index contributed by atoms with van der Waals surface area (Å²) in [5, 5.41) is 6.47. The van der Waals surface area contributed by atoms with Gasteiger partial charge in [0.15, 0.2) is 5.96 Å². The summed E-state index contributed by atoms with van der Waals surface area (Å²) in [5.41, 5.74) is 2.09. The molecular formula is C18H25FIN5. The lowest BCUT2D eigenvalue weighted by molar-refractivity contribution is 0.626. The van der Waals surface area contributed by atoms with Gasteiger partial charge in [-0.2, -0.15) is 0 Å². The lowest BCUT2D eigenvalue weighted by atomic mass is 10.2. The van der Waals surface area contributed by atoms with E-state index in [-0.39, 0.29) is 29.8 Å². The zero-order valence-electron chi connectivity index (χ0n) is 14.8. The van der Waals surface area contributed by atoms with E-state index >= 15 is 0 Å². The number of rotatable bonds is 6. The molecular weight excluding hydrogens is 432 g/mol. The summed E-state index contributed by atoms with van der Waals surface area (Å²) in [7, 11) is 3.92. The third kappa shape index (κ3) is 7.25. The van der Waals surface area contributed by atoms with E-state index in [1.807, 2.05) is 38.1 Å². The molecule has 0 unspecified atom stereocenters. The number of halogens is 2. The van der Waals surface area contributed by atoms with Gasteiger partial charge in [0.25, 0.3) is 0 Å². The van der Waals surface area contributed by atoms with Gasteiger partial charge in [0.2, 0.25) is 0 Å². The monoisotopic (exact) mass is 457 g/mol. The van der Waals surface area contributed by atoms with Crippen LogP contribution in [0, 0.1) is 5.82 Å². The van der Waals surface area contributed by atoms with Crippen LogP contribution >= 0.6 is 24.0 Å². The Labute approximate surface area is 165 Å². The highest BCUT2D eigenvalue weighted by Crippen LogP contribution is 2.10. The first kappa shape index (κ1) is 21.1. The summed E-state index contributed by atoms with van der Waals surface area (Å²) in [6.07, 6.45) is 1.79. The van der Waals surface area contributed by atoms with Crippen molar-refractivity contribution >= 4 is 35.8 Å². The minimum Gasteiger partial charge on any atom is -0.363 e. The van der Waals surface area contributed by atoms with Crippen LogP contribution in [0.25, 0.3) is 0 Å². The highest BCUT2D eigenvalue weighted by atomic mass is 127. The highest BCUT2D eigenvalue weighted by Gasteiger charge is 2.01. The van der Waals surface area contributed by atoms with E-state index in [0.29, 0.717) is 13.1 Å². The van der Waals surface area contributed by atoms with Gasteiger partial charge in [-0.1, -0.05) is 12.1 Å². The predicted molar refractivity (Wildman–Crippen MR) is 112 cm³/mol. The van der Waals surface area contributed by atoms with E-state index in [1.165, 1.54) is 12.1 Å². The third-order valence-corrected chi connectivity index (χ3v) is 3.41. The van der Waals surface area contributed by atoms with E-state index in [1.54, 1.807) is 18.3 Å². The molecule has 0 saturated heterocycles. The van der Waals surface area contributed by atoms with Crippen molar-refractivity contribution in [3.05, 3.63) is 59.5 Å². The zero-order chi connectivity index (χ0) is 17.4. The average molecular weight is 457 g/mol. The fourth-order valence-corrected chi connectivity index (χ4v) is 2.10. The number of nitrogens with zero attached hydrogens (tertiary/aromatic N) is 3. The van der Waals surface area contributed by atoms with Gasteiger partial charge < -0.3 is 15.5 Å². The fraction of sp³-hybridized carbons (Fsp3) is 0.333. The first-order valence-corrected chi connectivity index (χ1v) is 7.97. The Morgan fingerprint density at radius 2 is 1.84 bits per heavy atom. The highest BCUT2D eigenvalue weighted by molar-refractivity contribution is 14.0. The van der Waals surface area contributed by atoms with Crippen LogP contribution in [0.1, 0.15) is 18.1 Å². The number of aliphatic imine (C=N–C) groups is 1. The maximum atomic E-state index is 12.9. The van der Waals surface area contributed by atoms with Gasteiger partial charge in [-0.25, -0.2) is 14.4 Å². The number of benzene rings is 1. The Balaban J connectivity index is 0.00000312. The molecule has 0 aliphatic rings. The molecule has 1 aromatic carbocycles. The Kier molecular flexibility index (Phi) is 9.18. The molecule has 0 atom stereocenters. The predicted octanol–water partition coefficient (Wildman–Crippen LogP) is 3.16. The Morgan fingerprint density at radius 3 is 2.48 bits per heavy atom. The van der Waals surface area contributed by atoms with Crippen LogP contribution in [0.3, 0.4) is 0 Å². The lowest BCUT2D eigenvalue weighted by Crippen LogP contribution is -2.36. The summed E-state index contributed by atoms with van der Waals surface area (Å²) >= 11 is 0. The second-order valence-corrected chi connectivity index (χ2v) is 5.59. The van der Waals surface area contributed by atoms with Gasteiger partial charge in [0, 0.05) is 33.4 Å². The molecule has 0 radical (unpaired) electrons. The summed E-state index contributed by atoms with van der Waals surface area (Å²) in [4.78, 5) is 10.9. The van der Waals surface area contributed by atoms with Gasteiger partial charge in [-0.15, -0.1) is 24.0 Å². The van der Waals surface area contributed by atoms with E-state index in [9.17, 15) is 4.39 Å². The molecule has 1 aromatic heterocycles. The molecule has 0 spiro atoms. The number of pyridine rings is 1. The van der Waals surface area contributed by atoms with Crippen LogP contribution in [-0.2, 0) is 13.1 Å². The Hall–Kier alpha value is -1.90. The van der Waals surface area contributed by atoms with E-state index in [0.717, 1.165) is 29.4 Å². The maximum absolute atomic E-state index is 12.9. The largest absolute Gasteiger partial charge is 0.363 e. The molecule has 25 heavy (non-hydrogen) atoms. The van der Waals surface area contributed by atoms with E-state index in [2.05, 4.69) is 20.6 Å². The SMILES string of the molecule is CCNC(=NCc1ccnc(N(C)C)c1)NCc1ccc(F)cc1.I. The second kappa shape index (κ2) is 10.9. The van der Waals surface area contributed by atoms with Crippen molar-refractivity contribution in [1.29, 1.82) is 0 Å². The first-order valence-electron chi connectivity index (χ1n) is 7.97. The van der Waals surface area contributed by atoms with Gasteiger partial charge in [0.05, 0.1) is 6.54 Å². The maximum Gasteiger partial charge on any atom is 0.191 e. The van der Waals surface area contributed by atoms with Gasteiger partial charge in [-0.3, -0.25) is 0 Å². The second-order valence-electron chi connectivity index (χ2n) is 5.59.